The molecule has 70 valence electrons. The van der Waals surface area contributed by atoms with Gasteiger partial charge in [-0.1, -0.05) is 0 Å². The van der Waals surface area contributed by atoms with Crippen LogP contribution in [0.3, 0.4) is 0 Å². The van der Waals surface area contributed by atoms with Crippen molar-refractivity contribution in [1.82, 2.24) is 0 Å². The zero-order chi connectivity index (χ0) is 9.84. The fourth-order valence-corrected chi connectivity index (χ4v) is 0.849. The second kappa shape index (κ2) is 3.89. The zero-order valence-electron chi connectivity index (χ0n) is 7.08. The van der Waals surface area contributed by atoms with Crippen LogP contribution in [0.25, 0.3) is 0 Å². The van der Waals surface area contributed by atoms with Gasteiger partial charge in [0, 0.05) is 12.5 Å². The van der Waals surface area contributed by atoms with E-state index in [9.17, 15) is 14.3 Å². The maximum atomic E-state index is 12.6. The van der Waals surface area contributed by atoms with E-state index in [0.717, 1.165) is 12.1 Å². The van der Waals surface area contributed by atoms with Crippen LogP contribution in [-0.4, -0.2) is 11.1 Å². The summed E-state index contributed by atoms with van der Waals surface area (Å²) in [5.74, 6) is -1.02. The summed E-state index contributed by atoms with van der Waals surface area (Å²) in [6.07, 6.45) is 0. The molecule has 1 N–H and O–H groups in total. The van der Waals surface area contributed by atoms with Crippen molar-refractivity contribution in [2.24, 2.45) is 0 Å². The van der Waals surface area contributed by atoms with Gasteiger partial charge < -0.3 is 9.84 Å². The van der Waals surface area contributed by atoms with Crippen molar-refractivity contribution < 1.29 is 19.0 Å². The number of halogens is 1. The van der Waals surface area contributed by atoms with E-state index >= 15 is 0 Å². The van der Waals surface area contributed by atoms with Gasteiger partial charge in [0.25, 0.3) is 0 Å². The topological polar surface area (TPSA) is 46.5 Å². The lowest BCUT2D eigenvalue weighted by molar-refractivity contribution is -0.142. The monoisotopic (exact) mass is 184 g/mol. The first-order valence-corrected chi connectivity index (χ1v) is 3.70. The molecule has 0 radical (unpaired) electrons. The molecule has 1 aromatic rings. The molecule has 0 bridgehead atoms. The Hall–Kier alpha value is -1.58. The van der Waals surface area contributed by atoms with Crippen LogP contribution < -0.4 is 0 Å². The van der Waals surface area contributed by atoms with Crippen molar-refractivity contribution in [3.8, 4) is 5.75 Å². The minimum atomic E-state index is -0.472. The summed E-state index contributed by atoms with van der Waals surface area (Å²) >= 11 is 0. The smallest absolute Gasteiger partial charge is 0.302 e. The number of rotatable bonds is 2. The molecule has 0 saturated carbocycles. The van der Waals surface area contributed by atoms with Crippen molar-refractivity contribution in [3.63, 3.8) is 0 Å². The van der Waals surface area contributed by atoms with Crippen molar-refractivity contribution in [2.75, 3.05) is 0 Å². The molecule has 13 heavy (non-hydrogen) atoms. The lowest BCUT2D eigenvalue weighted by Gasteiger charge is -2.04. The average Bonchev–Trinajstić information content (AvgIpc) is 2.06. The highest BCUT2D eigenvalue weighted by molar-refractivity contribution is 5.66. The third-order valence-corrected chi connectivity index (χ3v) is 1.47. The Bertz CT molecular complexity index is 323. The van der Waals surface area contributed by atoms with Gasteiger partial charge in [-0.2, -0.15) is 0 Å². The number of ether oxygens (including phenoxy) is 1. The Morgan fingerprint density at radius 3 is 2.92 bits per heavy atom. The molecule has 0 unspecified atom stereocenters. The molecular formula is C9H9FO3. The van der Waals surface area contributed by atoms with Gasteiger partial charge in [0.05, 0.1) is 0 Å². The number of phenols is 1. The Balaban J connectivity index is 2.75. The predicted molar refractivity (Wildman–Crippen MR) is 43.5 cm³/mol. The average molecular weight is 184 g/mol. The van der Waals surface area contributed by atoms with E-state index in [1.165, 1.54) is 13.0 Å². The van der Waals surface area contributed by atoms with Gasteiger partial charge in [0.1, 0.15) is 18.2 Å². The summed E-state index contributed by atoms with van der Waals surface area (Å²) in [6, 6.07) is 3.47. The quantitative estimate of drug-likeness (QED) is 0.710. The highest BCUT2D eigenvalue weighted by Gasteiger charge is 2.04. The summed E-state index contributed by atoms with van der Waals surface area (Å²) in [6.45, 7) is 1.13. The van der Waals surface area contributed by atoms with Gasteiger partial charge in [-0.25, -0.2) is 4.39 Å². The fraction of sp³-hybridized carbons (Fsp3) is 0.222. The SMILES string of the molecule is CC(=O)OCc1cc(F)ccc1O. The molecule has 0 heterocycles. The summed E-state index contributed by atoms with van der Waals surface area (Å²) in [7, 11) is 0. The van der Waals surface area contributed by atoms with Crippen LogP contribution in [0.1, 0.15) is 12.5 Å². The number of carbonyl (C=O) groups is 1. The number of hydrogen-bond donors (Lipinski definition) is 1. The van der Waals surface area contributed by atoms with Gasteiger partial charge >= 0.3 is 5.97 Å². The van der Waals surface area contributed by atoms with Gasteiger partial charge in [-0.15, -0.1) is 0 Å². The fourth-order valence-electron chi connectivity index (χ4n) is 0.849. The van der Waals surface area contributed by atoms with Gasteiger partial charge in [0.2, 0.25) is 0 Å². The van der Waals surface area contributed by atoms with E-state index in [4.69, 9.17) is 0 Å². The van der Waals surface area contributed by atoms with Crippen molar-refractivity contribution in [2.45, 2.75) is 13.5 Å². The molecule has 0 atom stereocenters. The van der Waals surface area contributed by atoms with Gasteiger partial charge in [-0.05, 0) is 18.2 Å². The number of carbonyl (C=O) groups excluding carboxylic acids is 1. The first-order valence-electron chi connectivity index (χ1n) is 3.70. The van der Waals surface area contributed by atoms with E-state index in [1.807, 2.05) is 0 Å². The maximum Gasteiger partial charge on any atom is 0.302 e. The van der Waals surface area contributed by atoms with Crippen LogP contribution in [-0.2, 0) is 16.1 Å². The molecule has 0 aliphatic carbocycles. The van der Waals surface area contributed by atoms with E-state index < -0.39 is 11.8 Å². The van der Waals surface area contributed by atoms with Crippen molar-refractivity contribution in [3.05, 3.63) is 29.6 Å². The molecule has 4 heteroatoms. The Morgan fingerprint density at radius 2 is 2.31 bits per heavy atom. The highest BCUT2D eigenvalue weighted by Crippen LogP contribution is 2.18. The van der Waals surface area contributed by atoms with Crippen LogP contribution in [0.15, 0.2) is 18.2 Å². The molecule has 0 aliphatic rings. The van der Waals surface area contributed by atoms with Crippen molar-refractivity contribution in [1.29, 1.82) is 0 Å². The third kappa shape index (κ3) is 2.74. The van der Waals surface area contributed by atoms with Crippen LogP contribution in [0, 0.1) is 5.82 Å². The van der Waals surface area contributed by atoms with Gasteiger partial charge in [0.15, 0.2) is 0 Å². The molecule has 0 spiro atoms. The van der Waals surface area contributed by atoms with Crippen LogP contribution in [0.5, 0.6) is 5.75 Å². The molecule has 0 amide bonds. The van der Waals surface area contributed by atoms with Crippen LogP contribution >= 0.6 is 0 Å². The van der Waals surface area contributed by atoms with Gasteiger partial charge in [-0.3, -0.25) is 4.79 Å². The molecule has 0 saturated heterocycles. The van der Waals surface area contributed by atoms with Crippen LogP contribution in [0.4, 0.5) is 4.39 Å². The minimum absolute atomic E-state index is 0.0809. The number of phenolic OH excluding ortho intramolecular Hbond substituents is 1. The Labute approximate surface area is 74.8 Å². The van der Waals surface area contributed by atoms with E-state index in [-0.39, 0.29) is 17.9 Å². The molecule has 0 aliphatic heterocycles. The molecule has 3 nitrogen and oxygen atoms in total. The lowest BCUT2D eigenvalue weighted by Crippen LogP contribution is -1.99. The maximum absolute atomic E-state index is 12.6. The Morgan fingerprint density at radius 1 is 1.62 bits per heavy atom. The number of esters is 1. The summed E-state index contributed by atoms with van der Waals surface area (Å²) < 4.78 is 17.2. The molecule has 0 fully saturated rings. The number of benzene rings is 1. The Kier molecular flexibility index (Phi) is 2.84. The molecule has 0 aromatic heterocycles. The first kappa shape index (κ1) is 9.51. The lowest BCUT2D eigenvalue weighted by atomic mass is 10.2. The van der Waals surface area contributed by atoms with Crippen LogP contribution in [0.2, 0.25) is 0 Å². The number of aromatic hydroxyl groups is 1. The zero-order valence-corrected chi connectivity index (χ0v) is 7.08. The van der Waals surface area contributed by atoms with E-state index in [2.05, 4.69) is 4.74 Å². The van der Waals surface area contributed by atoms with Crippen molar-refractivity contribution >= 4 is 5.97 Å². The minimum Gasteiger partial charge on any atom is -0.508 e. The second-order valence-electron chi connectivity index (χ2n) is 2.55. The second-order valence-corrected chi connectivity index (χ2v) is 2.55. The van der Waals surface area contributed by atoms with E-state index in [1.54, 1.807) is 0 Å². The molecule has 1 aromatic carbocycles. The standard InChI is InChI=1S/C9H9FO3/c1-6(11)13-5-7-4-8(10)2-3-9(7)12/h2-4,12H,5H2,1H3. The third-order valence-electron chi connectivity index (χ3n) is 1.47. The molecule has 1 rings (SSSR count). The largest absolute Gasteiger partial charge is 0.508 e. The predicted octanol–water partition coefficient (Wildman–Crippen LogP) is 1.59. The summed E-state index contributed by atoms with van der Waals surface area (Å²) in [4.78, 5) is 10.4. The van der Waals surface area contributed by atoms with E-state index in [0.29, 0.717) is 0 Å². The summed E-state index contributed by atoms with van der Waals surface area (Å²) in [5, 5.41) is 9.19. The number of hydrogen-bond acceptors (Lipinski definition) is 3. The highest BCUT2D eigenvalue weighted by atomic mass is 19.1. The molecular weight excluding hydrogens is 175 g/mol. The normalized spacial score (nSPS) is 9.69. The summed E-state index contributed by atoms with van der Waals surface area (Å²) in [5.41, 5.74) is 0.259. The first-order chi connectivity index (χ1) is 6.09.